The van der Waals surface area contributed by atoms with Crippen LogP contribution >= 0.6 is 0 Å². The predicted molar refractivity (Wildman–Crippen MR) is 84.7 cm³/mol. The van der Waals surface area contributed by atoms with E-state index in [1.165, 1.54) is 64.2 Å². The number of esters is 1. The Morgan fingerprint density at radius 2 is 1.50 bits per heavy atom. The van der Waals surface area contributed by atoms with Gasteiger partial charge in [-0.1, -0.05) is 71.3 Å². The highest BCUT2D eigenvalue weighted by atomic mass is 16.6. The van der Waals surface area contributed by atoms with E-state index in [-0.39, 0.29) is 12.1 Å². The molecule has 0 N–H and O–H groups in total. The SMILES string of the molecule is CCCCCCCC=C1C(=O)OC1CCCCCCC. The second-order valence-electron chi connectivity index (χ2n) is 5.96. The van der Waals surface area contributed by atoms with Crippen LogP contribution in [0.15, 0.2) is 11.6 Å². The second-order valence-corrected chi connectivity index (χ2v) is 5.96. The molecule has 20 heavy (non-hydrogen) atoms. The van der Waals surface area contributed by atoms with E-state index in [2.05, 4.69) is 19.9 Å². The lowest BCUT2D eigenvalue weighted by Crippen LogP contribution is -2.36. The number of hydrogen-bond acceptors (Lipinski definition) is 2. The summed E-state index contributed by atoms with van der Waals surface area (Å²) in [5.41, 5.74) is 0.955. The molecule has 0 aliphatic carbocycles. The number of carbonyl (C=O) groups is 1. The molecule has 116 valence electrons. The molecule has 1 atom stereocenters. The smallest absolute Gasteiger partial charge is 0.338 e. The predicted octanol–water partition coefficient (Wildman–Crippen LogP) is 5.56. The maximum absolute atomic E-state index is 11.5. The van der Waals surface area contributed by atoms with Gasteiger partial charge in [-0.15, -0.1) is 0 Å². The zero-order valence-electron chi connectivity index (χ0n) is 13.5. The van der Waals surface area contributed by atoms with Gasteiger partial charge in [-0.05, 0) is 25.7 Å². The van der Waals surface area contributed by atoms with Crippen molar-refractivity contribution < 1.29 is 9.53 Å². The monoisotopic (exact) mass is 280 g/mol. The fourth-order valence-corrected chi connectivity index (χ4v) is 2.70. The maximum Gasteiger partial charge on any atom is 0.338 e. The van der Waals surface area contributed by atoms with E-state index in [1.54, 1.807) is 0 Å². The summed E-state index contributed by atoms with van der Waals surface area (Å²) in [5, 5.41) is 0. The van der Waals surface area contributed by atoms with Crippen LogP contribution < -0.4 is 0 Å². The number of hydrogen-bond donors (Lipinski definition) is 0. The summed E-state index contributed by atoms with van der Waals surface area (Å²) in [6.07, 6.45) is 17.1. The van der Waals surface area contributed by atoms with Gasteiger partial charge >= 0.3 is 5.97 Å². The lowest BCUT2D eigenvalue weighted by Gasteiger charge is -2.29. The Labute approximate surface area is 125 Å². The molecule has 1 fully saturated rings. The van der Waals surface area contributed by atoms with E-state index in [4.69, 9.17) is 4.74 Å². The average molecular weight is 280 g/mol. The minimum absolute atomic E-state index is 0.0721. The van der Waals surface area contributed by atoms with Crippen molar-refractivity contribution in [3.8, 4) is 0 Å². The van der Waals surface area contributed by atoms with Gasteiger partial charge in [0.15, 0.2) is 0 Å². The fourth-order valence-electron chi connectivity index (χ4n) is 2.70. The number of unbranched alkanes of at least 4 members (excludes halogenated alkanes) is 9. The standard InChI is InChI=1S/C18H32O2/c1-3-5-7-9-11-12-14-16-17(20-18(16)19)15-13-10-8-6-4-2/h14,17H,3-13,15H2,1-2H3. The summed E-state index contributed by atoms with van der Waals surface area (Å²) >= 11 is 0. The maximum atomic E-state index is 11.5. The molecule has 1 unspecified atom stereocenters. The third kappa shape index (κ3) is 6.58. The molecule has 2 nitrogen and oxygen atoms in total. The molecule has 2 heteroatoms. The van der Waals surface area contributed by atoms with Crippen molar-refractivity contribution in [3.05, 3.63) is 11.6 Å². The molecule has 0 aromatic carbocycles. The van der Waals surface area contributed by atoms with Crippen molar-refractivity contribution in [3.63, 3.8) is 0 Å². The van der Waals surface area contributed by atoms with Crippen LogP contribution in [0, 0.1) is 0 Å². The molecule has 1 saturated heterocycles. The summed E-state index contributed by atoms with van der Waals surface area (Å²) in [6.45, 7) is 4.46. The van der Waals surface area contributed by atoms with Gasteiger partial charge < -0.3 is 4.74 Å². The van der Waals surface area contributed by atoms with Crippen molar-refractivity contribution in [2.45, 2.75) is 97.0 Å². The lowest BCUT2D eigenvalue weighted by molar-refractivity contribution is -0.156. The minimum Gasteiger partial charge on any atom is -0.454 e. The van der Waals surface area contributed by atoms with Crippen molar-refractivity contribution in [2.24, 2.45) is 0 Å². The van der Waals surface area contributed by atoms with Crippen molar-refractivity contribution in [2.75, 3.05) is 0 Å². The highest BCUT2D eigenvalue weighted by molar-refractivity contribution is 5.95. The first kappa shape index (κ1) is 17.3. The molecule has 0 aromatic rings. The van der Waals surface area contributed by atoms with Crippen LogP contribution in [0.5, 0.6) is 0 Å². The van der Waals surface area contributed by atoms with E-state index in [9.17, 15) is 4.79 Å². The first-order valence-corrected chi connectivity index (χ1v) is 8.70. The van der Waals surface area contributed by atoms with Gasteiger partial charge in [0.2, 0.25) is 0 Å². The van der Waals surface area contributed by atoms with Gasteiger partial charge in [0.1, 0.15) is 6.10 Å². The highest BCUT2D eigenvalue weighted by Crippen LogP contribution is 2.27. The third-order valence-corrected chi connectivity index (χ3v) is 4.07. The van der Waals surface area contributed by atoms with Gasteiger partial charge in [0.25, 0.3) is 0 Å². The van der Waals surface area contributed by atoms with E-state index in [0.717, 1.165) is 18.4 Å². The van der Waals surface area contributed by atoms with Crippen LogP contribution in [0.3, 0.4) is 0 Å². The summed E-state index contributed by atoms with van der Waals surface area (Å²) in [4.78, 5) is 11.5. The molecule has 1 aliphatic heterocycles. The second kappa shape index (κ2) is 10.9. The quantitative estimate of drug-likeness (QED) is 0.266. The van der Waals surface area contributed by atoms with Crippen LogP contribution in [0.4, 0.5) is 0 Å². The third-order valence-electron chi connectivity index (χ3n) is 4.07. The van der Waals surface area contributed by atoms with Crippen molar-refractivity contribution >= 4 is 5.97 Å². The lowest BCUT2D eigenvalue weighted by atomic mass is 9.96. The molecule has 0 aromatic heterocycles. The van der Waals surface area contributed by atoms with Gasteiger partial charge in [-0.3, -0.25) is 0 Å². The summed E-state index contributed by atoms with van der Waals surface area (Å²) in [6, 6.07) is 0. The summed E-state index contributed by atoms with van der Waals surface area (Å²) in [7, 11) is 0. The fraction of sp³-hybridized carbons (Fsp3) is 0.833. The number of rotatable bonds is 12. The van der Waals surface area contributed by atoms with E-state index < -0.39 is 0 Å². The molecule has 0 bridgehead atoms. The number of allylic oxidation sites excluding steroid dienone is 1. The molecule has 1 heterocycles. The van der Waals surface area contributed by atoms with Crippen LogP contribution in [0.2, 0.25) is 0 Å². The molecular weight excluding hydrogens is 248 g/mol. The van der Waals surface area contributed by atoms with Crippen LogP contribution in [-0.4, -0.2) is 12.1 Å². The first-order valence-electron chi connectivity index (χ1n) is 8.70. The summed E-state index contributed by atoms with van der Waals surface area (Å²) < 4.78 is 5.25. The summed E-state index contributed by atoms with van der Waals surface area (Å²) in [5.74, 6) is -0.0721. The Bertz CT molecular complexity index is 294. The normalized spacial score (nSPS) is 20.0. The molecule has 0 radical (unpaired) electrons. The molecule has 1 rings (SSSR count). The van der Waals surface area contributed by atoms with Gasteiger partial charge in [0.05, 0.1) is 5.57 Å². The molecular formula is C18H32O2. The van der Waals surface area contributed by atoms with E-state index >= 15 is 0 Å². The Balaban J connectivity index is 2.10. The molecule has 0 amide bonds. The topological polar surface area (TPSA) is 26.3 Å². The Morgan fingerprint density at radius 1 is 0.900 bits per heavy atom. The Kier molecular flexibility index (Phi) is 9.44. The van der Waals surface area contributed by atoms with Crippen LogP contribution in [0.25, 0.3) is 0 Å². The first-order chi connectivity index (χ1) is 9.79. The Hall–Kier alpha value is -0.790. The zero-order chi connectivity index (χ0) is 14.6. The van der Waals surface area contributed by atoms with Gasteiger partial charge in [-0.25, -0.2) is 4.79 Å². The highest BCUT2D eigenvalue weighted by Gasteiger charge is 2.34. The largest absolute Gasteiger partial charge is 0.454 e. The number of ether oxygens (including phenoxy) is 1. The minimum atomic E-state index is -0.0721. The molecule has 0 spiro atoms. The average Bonchev–Trinajstić information content (AvgIpc) is 2.45. The number of cyclic esters (lactones) is 1. The van der Waals surface area contributed by atoms with Crippen LogP contribution in [0.1, 0.15) is 90.9 Å². The van der Waals surface area contributed by atoms with E-state index in [0.29, 0.717) is 0 Å². The molecule has 1 aliphatic rings. The number of carbonyl (C=O) groups excluding carboxylic acids is 1. The molecule has 0 saturated carbocycles. The van der Waals surface area contributed by atoms with Crippen molar-refractivity contribution in [1.82, 2.24) is 0 Å². The van der Waals surface area contributed by atoms with E-state index in [1.807, 2.05) is 0 Å². The zero-order valence-corrected chi connectivity index (χ0v) is 13.5. The van der Waals surface area contributed by atoms with Crippen LogP contribution in [-0.2, 0) is 9.53 Å². The van der Waals surface area contributed by atoms with Gasteiger partial charge in [0, 0.05) is 0 Å². The Morgan fingerprint density at radius 3 is 2.10 bits per heavy atom. The van der Waals surface area contributed by atoms with Crippen molar-refractivity contribution in [1.29, 1.82) is 0 Å². The van der Waals surface area contributed by atoms with Gasteiger partial charge in [-0.2, -0.15) is 0 Å².